The number of thiazole rings is 1. The van der Waals surface area contributed by atoms with E-state index in [2.05, 4.69) is 65.0 Å². The minimum atomic E-state index is 0.542. The summed E-state index contributed by atoms with van der Waals surface area (Å²) in [5, 5.41) is 1.29. The Balaban J connectivity index is 1.34. The molecule has 0 bridgehead atoms. The van der Waals surface area contributed by atoms with Gasteiger partial charge in [0.25, 0.3) is 0 Å². The maximum Gasteiger partial charge on any atom is 0.137 e. The van der Waals surface area contributed by atoms with Crippen LogP contribution in [0.15, 0.2) is 48.8 Å². The number of imidazole rings is 1. The molecule has 26 heavy (non-hydrogen) atoms. The average Bonchev–Trinajstić information content (AvgIpc) is 3.25. The van der Waals surface area contributed by atoms with E-state index < -0.39 is 0 Å². The van der Waals surface area contributed by atoms with Gasteiger partial charge < -0.3 is 4.40 Å². The van der Waals surface area contributed by atoms with E-state index in [4.69, 9.17) is 9.97 Å². The van der Waals surface area contributed by atoms with E-state index in [1.54, 1.807) is 0 Å². The fourth-order valence-corrected chi connectivity index (χ4v) is 5.02. The predicted molar refractivity (Wildman–Crippen MR) is 107 cm³/mol. The summed E-state index contributed by atoms with van der Waals surface area (Å²) >= 11 is 1.86. The van der Waals surface area contributed by atoms with Crippen molar-refractivity contribution in [2.45, 2.75) is 32.2 Å². The van der Waals surface area contributed by atoms with Gasteiger partial charge in [0.05, 0.1) is 20.9 Å². The van der Waals surface area contributed by atoms with Gasteiger partial charge >= 0.3 is 0 Å². The number of likely N-dealkylation sites (tertiary alicyclic amines) is 1. The van der Waals surface area contributed by atoms with E-state index >= 15 is 0 Å². The van der Waals surface area contributed by atoms with Gasteiger partial charge in [0.15, 0.2) is 0 Å². The largest absolute Gasteiger partial charge is 0.307 e. The van der Waals surface area contributed by atoms with Gasteiger partial charge in [-0.15, -0.1) is 11.3 Å². The fourth-order valence-electron chi connectivity index (χ4n) is 3.93. The lowest BCUT2D eigenvalue weighted by molar-refractivity contribution is 0.198. The van der Waals surface area contributed by atoms with Crippen LogP contribution in [-0.2, 0) is 6.54 Å². The number of fused-ring (bicyclic) bond motifs is 2. The Labute approximate surface area is 157 Å². The second-order valence-electron chi connectivity index (χ2n) is 7.30. The van der Waals surface area contributed by atoms with Crippen LogP contribution < -0.4 is 0 Å². The van der Waals surface area contributed by atoms with Crippen LogP contribution in [0.25, 0.3) is 15.9 Å². The Kier molecular flexibility index (Phi) is 3.98. The van der Waals surface area contributed by atoms with Crippen LogP contribution in [0.5, 0.6) is 0 Å². The van der Waals surface area contributed by atoms with Gasteiger partial charge in [-0.05, 0) is 50.1 Å². The average molecular weight is 363 g/mol. The Morgan fingerprint density at radius 3 is 2.96 bits per heavy atom. The highest BCUT2D eigenvalue weighted by Gasteiger charge is 2.24. The van der Waals surface area contributed by atoms with Crippen LogP contribution in [-0.4, -0.2) is 32.4 Å². The van der Waals surface area contributed by atoms with E-state index in [1.165, 1.54) is 28.1 Å². The lowest BCUT2D eigenvalue weighted by Gasteiger charge is -2.31. The molecule has 0 saturated carbocycles. The molecular formula is C21H22N4S. The molecule has 5 rings (SSSR count). The molecule has 1 aromatic carbocycles. The highest BCUT2D eigenvalue weighted by Crippen LogP contribution is 2.33. The minimum absolute atomic E-state index is 0.542. The third kappa shape index (κ3) is 3.02. The first-order valence-corrected chi connectivity index (χ1v) is 10.1. The number of piperidine rings is 1. The summed E-state index contributed by atoms with van der Waals surface area (Å²) in [6.45, 7) is 5.26. The summed E-state index contributed by atoms with van der Waals surface area (Å²) in [7, 11) is 0. The predicted octanol–water partition coefficient (Wildman–Crippen LogP) is 4.63. The van der Waals surface area contributed by atoms with Crippen molar-refractivity contribution in [3.05, 3.63) is 65.1 Å². The number of aryl methyl sites for hydroxylation is 1. The first kappa shape index (κ1) is 16.0. The molecule has 1 aliphatic rings. The molecular weight excluding hydrogens is 340 g/mol. The van der Waals surface area contributed by atoms with E-state index in [0.717, 1.165) is 36.5 Å². The number of hydrogen-bond donors (Lipinski definition) is 0. The maximum absolute atomic E-state index is 4.89. The first-order chi connectivity index (χ1) is 12.7. The maximum atomic E-state index is 4.89. The number of nitrogens with zero attached hydrogens (tertiary/aromatic N) is 4. The Morgan fingerprint density at radius 1 is 1.12 bits per heavy atom. The van der Waals surface area contributed by atoms with E-state index in [-0.39, 0.29) is 0 Å². The van der Waals surface area contributed by atoms with Crippen molar-refractivity contribution in [3.8, 4) is 0 Å². The Bertz CT molecular complexity index is 1030. The molecule has 0 unspecified atom stereocenters. The zero-order valence-corrected chi connectivity index (χ0v) is 15.7. The molecule has 0 aliphatic carbocycles. The monoisotopic (exact) mass is 362 g/mol. The van der Waals surface area contributed by atoms with Crippen molar-refractivity contribution in [1.29, 1.82) is 0 Å². The summed E-state index contributed by atoms with van der Waals surface area (Å²) in [5.74, 6) is 0.542. The molecule has 1 fully saturated rings. The number of pyridine rings is 1. The van der Waals surface area contributed by atoms with Crippen LogP contribution in [0.1, 0.15) is 35.0 Å². The molecule has 0 spiro atoms. The second kappa shape index (κ2) is 6.49. The zero-order chi connectivity index (χ0) is 17.5. The van der Waals surface area contributed by atoms with Crippen LogP contribution in [0.4, 0.5) is 0 Å². The molecule has 4 aromatic rings. The van der Waals surface area contributed by atoms with E-state index in [0.29, 0.717) is 5.92 Å². The molecule has 0 amide bonds. The highest BCUT2D eigenvalue weighted by atomic mass is 32.1. The third-order valence-corrected chi connectivity index (χ3v) is 6.40. The molecule has 1 aliphatic heterocycles. The molecule has 5 heteroatoms. The van der Waals surface area contributed by atoms with Crippen LogP contribution in [0.3, 0.4) is 0 Å². The van der Waals surface area contributed by atoms with Gasteiger partial charge in [0, 0.05) is 31.4 Å². The van der Waals surface area contributed by atoms with Crippen molar-refractivity contribution >= 4 is 27.2 Å². The topological polar surface area (TPSA) is 33.4 Å². The van der Waals surface area contributed by atoms with Crippen molar-refractivity contribution in [1.82, 2.24) is 19.3 Å². The number of benzene rings is 1. The lowest BCUT2D eigenvalue weighted by Crippen LogP contribution is -2.33. The van der Waals surface area contributed by atoms with Gasteiger partial charge in [-0.3, -0.25) is 4.90 Å². The Hall–Kier alpha value is -2.24. The second-order valence-corrected chi connectivity index (χ2v) is 8.36. The van der Waals surface area contributed by atoms with Gasteiger partial charge in [0.1, 0.15) is 5.65 Å². The Morgan fingerprint density at radius 2 is 2.04 bits per heavy atom. The summed E-state index contributed by atoms with van der Waals surface area (Å²) in [4.78, 5) is 12.2. The van der Waals surface area contributed by atoms with Gasteiger partial charge in [-0.1, -0.05) is 18.2 Å². The van der Waals surface area contributed by atoms with Crippen LogP contribution in [0, 0.1) is 6.92 Å². The van der Waals surface area contributed by atoms with Crippen LogP contribution in [0.2, 0.25) is 0 Å². The van der Waals surface area contributed by atoms with E-state index in [1.807, 2.05) is 11.3 Å². The van der Waals surface area contributed by atoms with E-state index in [9.17, 15) is 0 Å². The van der Waals surface area contributed by atoms with Gasteiger partial charge in [-0.25, -0.2) is 9.97 Å². The van der Waals surface area contributed by atoms with Crippen molar-refractivity contribution < 1.29 is 0 Å². The van der Waals surface area contributed by atoms with Crippen LogP contribution >= 0.6 is 11.3 Å². The molecule has 1 atom stereocenters. The molecule has 0 N–H and O–H groups in total. The third-order valence-electron chi connectivity index (χ3n) is 5.20. The lowest BCUT2D eigenvalue weighted by atomic mass is 9.98. The summed E-state index contributed by atoms with van der Waals surface area (Å²) in [5.41, 5.74) is 4.58. The molecule has 4 heterocycles. The molecule has 3 aromatic heterocycles. The number of aromatic nitrogens is 3. The van der Waals surface area contributed by atoms with Crippen molar-refractivity contribution in [2.75, 3.05) is 13.1 Å². The minimum Gasteiger partial charge on any atom is -0.307 e. The molecule has 132 valence electrons. The van der Waals surface area contributed by atoms with Crippen molar-refractivity contribution in [3.63, 3.8) is 0 Å². The van der Waals surface area contributed by atoms with Crippen molar-refractivity contribution in [2.24, 2.45) is 0 Å². The number of para-hydroxylation sites is 1. The molecule has 4 nitrogen and oxygen atoms in total. The zero-order valence-electron chi connectivity index (χ0n) is 14.9. The smallest absolute Gasteiger partial charge is 0.137 e. The fraction of sp³-hybridized carbons (Fsp3) is 0.333. The first-order valence-electron chi connectivity index (χ1n) is 9.27. The molecule has 1 saturated heterocycles. The van der Waals surface area contributed by atoms with Gasteiger partial charge in [-0.2, -0.15) is 0 Å². The number of rotatable bonds is 3. The summed E-state index contributed by atoms with van der Waals surface area (Å²) in [6.07, 6.45) is 6.78. The summed E-state index contributed by atoms with van der Waals surface area (Å²) < 4.78 is 3.44. The normalized spacial score (nSPS) is 18.7. The summed E-state index contributed by atoms with van der Waals surface area (Å²) in [6, 6.07) is 12.7. The van der Waals surface area contributed by atoms with Gasteiger partial charge in [0.2, 0.25) is 0 Å². The molecule has 0 radical (unpaired) electrons. The number of hydrogen-bond acceptors (Lipinski definition) is 4. The highest BCUT2D eigenvalue weighted by molar-refractivity contribution is 7.18. The quantitative estimate of drug-likeness (QED) is 0.533. The standard InChI is InChI=1S/C21H22N4S/c1-15-8-9-20-22-17(14-25(20)11-15)13-24-10-4-5-16(12-24)21-23-18-6-2-3-7-19(18)26-21/h2-3,6-9,11,14,16H,4-5,10,12-13H2,1H3/t16-/m1/s1. The SMILES string of the molecule is Cc1ccc2nc(CN3CCC[C@@H](c4nc5ccccc5s4)C3)cn2c1.